The first-order valence-electron chi connectivity index (χ1n) is 10.3. The fourth-order valence-corrected chi connectivity index (χ4v) is 4.39. The average Bonchev–Trinajstić information content (AvgIpc) is 2.79. The average molecular weight is 439 g/mol. The molecule has 4 atom stereocenters. The third-order valence-corrected chi connectivity index (χ3v) is 6.30. The Morgan fingerprint density at radius 3 is 2.10 bits per heavy atom. The van der Waals surface area contributed by atoms with Crippen LogP contribution in [0.15, 0.2) is 72.8 Å². The van der Waals surface area contributed by atoms with E-state index in [0.29, 0.717) is 17.9 Å². The van der Waals surface area contributed by atoms with Gasteiger partial charge in [0, 0.05) is 5.69 Å². The summed E-state index contributed by atoms with van der Waals surface area (Å²) in [5, 5.41) is 0. The number of benzene rings is 3. The van der Waals surface area contributed by atoms with Gasteiger partial charge in [-0.1, -0.05) is 31.2 Å². The minimum atomic E-state index is -0.333. The summed E-state index contributed by atoms with van der Waals surface area (Å²) >= 11 is 0. The number of carbonyl (C=O) groups is 1. The molecule has 3 aromatic carbocycles. The third-order valence-electron chi connectivity index (χ3n) is 6.03. The smallest absolute Gasteiger partial charge is 0.233 e. The molecule has 3 nitrogen and oxygen atoms in total. The lowest BCUT2D eigenvalue weighted by molar-refractivity contribution is -0.130. The van der Waals surface area contributed by atoms with Crippen LogP contribution in [0.1, 0.15) is 42.9 Å². The molecule has 6 heteroatoms. The maximum absolute atomic E-state index is 13.4. The van der Waals surface area contributed by atoms with Gasteiger partial charge in [-0.15, -0.1) is 0 Å². The number of β-lactam (4-membered cyclic amide) rings is 1. The van der Waals surface area contributed by atoms with Crippen LogP contribution in [-0.2, 0) is 4.79 Å². The highest BCUT2D eigenvalue weighted by atomic mass is 31.0. The Balaban J connectivity index is 1.55. The molecule has 1 aliphatic heterocycles. The molecule has 1 fully saturated rings. The van der Waals surface area contributed by atoms with Crippen molar-refractivity contribution in [1.29, 1.82) is 0 Å². The highest BCUT2D eigenvalue weighted by molar-refractivity contribution is 7.10. The van der Waals surface area contributed by atoms with Gasteiger partial charge in [-0.25, -0.2) is 8.78 Å². The standard InChI is InChI=1S/C25H24F2NO2P/c1-16(17-3-7-19(26)8-4-17)2-15-23-24(18-5-13-22(30-31)14-6-18)28(25(23)29)21-11-9-20(27)10-12-21/h3-14,16,23-24H,2,15,31H2,1H3/t16-,23-,24?/m0/s1. The van der Waals surface area contributed by atoms with Crippen molar-refractivity contribution in [1.82, 2.24) is 0 Å². The Hall–Kier alpha value is -2.78. The summed E-state index contributed by atoms with van der Waals surface area (Å²) in [5.74, 6) is 0.207. The lowest BCUT2D eigenvalue weighted by Crippen LogP contribution is -2.55. The first-order chi connectivity index (χ1) is 15.0. The first kappa shape index (κ1) is 21.5. The number of amides is 1. The van der Waals surface area contributed by atoms with E-state index in [1.165, 1.54) is 24.3 Å². The lowest BCUT2D eigenvalue weighted by atomic mass is 9.77. The van der Waals surface area contributed by atoms with Crippen LogP contribution in [-0.4, -0.2) is 5.91 Å². The van der Waals surface area contributed by atoms with Gasteiger partial charge in [-0.2, -0.15) is 0 Å². The van der Waals surface area contributed by atoms with Gasteiger partial charge >= 0.3 is 0 Å². The maximum Gasteiger partial charge on any atom is 0.233 e. The van der Waals surface area contributed by atoms with E-state index in [4.69, 9.17) is 4.52 Å². The molecule has 31 heavy (non-hydrogen) atoms. The molecule has 1 saturated heterocycles. The van der Waals surface area contributed by atoms with Crippen molar-refractivity contribution in [3.63, 3.8) is 0 Å². The van der Waals surface area contributed by atoms with Crippen LogP contribution in [0.2, 0.25) is 0 Å². The molecule has 0 saturated carbocycles. The zero-order valence-corrected chi connectivity index (χ0v) is 18.3. The number of nitrogens with zero attached hydrogens (tertiary/aromatic N) is 1. The quantitative estimate of drug-likeness (QED) is 0.314. The van der Waals surface area contributed by atoms with E-state index < -0.39 is 0 Å². The molecule has 4 rings (SSSR count). The Morgan fingerprint density at radius 1 is 0.935 bits per heavy atom. The van der Waals surface area contributed by atoms with E-state index in [0.717, 1.165) is 17.5 Å². The third kappa shape index (κ3) is 4.47. The van der Waals surface area contributed by atoms with Crippen molar-refractivity contribution in [3.05, 3.63) is 95.6 Å². The summed E-state index contributed by atoms with van der Waals surface area (Å²) < 4.78 is 31.8. The SMILES string of the molecule is C[C@@H](CC[C@@H]1C(=O)N(c2ccc(F)cc2)C1c1ccc(OP)cc1)c1ccc(F)cc1. The summed E-state index contributed by atoms with van der Waals surface area (Å²) in [7, 11) is 2.22. The molecule has 0 N–H and O–H groups in total. The molecule has 0 bridgehead atoms. The Morgan fingerprint density at radius 2 is 1.52 bits per heavy atom. The summed E-state index contributed by atoms with van der Waals surface area (Å²) in [6.45, 7) is 2.09. The number of hydrogen-bond acceptors (Lipinski definition) is 2. The van der Waals surface area contributed by atoms with Gasteiger partial charge in [0.2, 0.25) is 5.91 Å². The van der Waals surface area contributed by atoms with Gasteiger partial charge in [0.1, 0.15) is 17.4 Å². The van der Waals surface area contributed by atoms with Gasteiger partial charge in [0.05, 0.1) is 21.4 Å². The second-order valence-corrected chi connectivity index (χ2v) is 8.19. The van der Waals surface area contributed by atoms with Crippen LogP contribution in [0, 0.1) is 17.6 Å². The van der Waals surface area contributed by atoms with Crippen molar-refractivity contribution >= 4 is 21.1 Å². The van der Waals surface area contributed by atoms with Crippen LogP contribution in [0.25, 0.3) is 0 Å². The maximum atomic E-state index is 13.4. The van der Waals surface area contributed by atoms with E-state index in [2.05, 4.69) is 16.4 Å². The molecule has 0 aromatic heterocycles. The van der Waals surface area contributed by atoms with E-state index in [1.54, 1.807) is 29.2 Å². The zero-order chi connectivity index (χ0) is 22.0. The minimum absolute atomic E-state index is 0.0364. The Bertz CT molecular complexity index is 1040. The summed E-state index contributed by atoms with van der Waals surface area (Å²) in [4.78, 5) is 14.8. The van der Waals surface area contributed by atoms with Gasteiger partial charge in [-0.3, -0.25) is 4.79 Å². The number of carbonyl (C=O) groups excluding carboxylic acids is 1. The second kappa shape index (κ2) is 9.15. The van der Waals surface area contributed by atoms with Crippen molar-refractivity contribution in [3.8, 4) is 5.75 Å². The van der Waals surface area contributed by atoms with Gasteiger partial charge in [0.25, 0.3) is 0 Å². The number of anilines is 1. The van der Waals surface area contributed by atoms with Crippen LogP contribution in [0.5, 0.6) is 5.75 Å². The van der Waals surface area contributed by atoms with Crippen LogP contribution >= 0.6 is 9.47 Å². The monoisotopic (exact) mass is 439 g/mol. The molecule has 160 valence electrons. The minimum Gasteiger partial charge on any atom is -0.480 e. The molecule has 0 radical (unpaired) electrons. The van der Waals surface area contributed by atoms with E-state index >= 15 is 0 Å². The van der Waals surface area contributed by atoms with Crippen LogP contribution in [0.4, 0.5) is 14.5 Å². The normalized spacial score (nSPS) is 19.1. The Labute approximate surface area is 183 Å². The van der Waals surface area contributed by atoms with Crippen molar-refractivity contribution in [2.45, 2.75) is 31.7 Å². The molecular formula is C25H24F2NO2P. The second-order valence-electron chi connectivity index (χ2n) is 7.95. The fraction of sp³-hybridized carbons (Fsp3) is 0.240. The topological polar surface area (TPSA) is 29.5 Å². The van der Waals surface area contributed by atoms with Gasteiger partial charge in [-0.05, 0) is 78.4 Å². The van der Waals surface area contributed by atoms with Gasteiger partial charge < -0.3 is 9.42 Å². The lowest BCUT2D eigenvalue weighted by Gasteiger charge is -2.48. The van der Waals surface area contributed by atoms with Crippen LogP contribution < -0.4 is 9.42 Å². The number of hydrogen-bond donors (Lipinski definition) is 0. The molecule has 1 amide bonds. The van der Waals surface area contributed by atoms with E-state index in [9.17, 15) is 13.6 Å². The van der Waals surface area contributed by atoms with Crippen molar-refractivity contribution in [2.75, 3.05) is 4.90 Å². The molecule has 1 aliphatic rings. The largest absolute Gasteiger partial charge is 0.480 e. The van der Waals surface area contributed by atoms with Gasteiger partial charge in [0.15, 0.2) is 0 Å². The first-order valence-corrected chi connectivity index (χ1v) is 10.8. The molecule has 2 unspecified atom stereocenters. The predicted octanol–water partition coefficient (Wildman–Crippen LogP) is 6.42. The summed E-state index contributed by atoms with van der Waals surface area (Å²) in [6.07, 6.45) is 1.52. The highest BCUT2D eigenvalue weighted by Gasteiger charge is 2.48. The molecule has 0 spiro atoms. The molecule has 1 heterocycles. The summed E-state index contributed by atoms with van der Waals surface area (Å²) in [6, 6.07) is 20.1. The van der Waals surface area contributed by atoms with E-state index in [1.807, 2.05) is 24.3 Å². The molecule has 0 aliphatic carbocycles. The fourth-order valence-electron chi connectivity index (χ4n) is 4.23. The van der Waals surface area contributed by atoms with Crippen molar-refractivity contribution < 1.29 is 18.1 Å². The summed E-state index contributed by atoms with van der Waals surface area (Å²) in [5.41, 5.74) is 2.75. The number of rotatable bonds is 7. The van der Waals surface area contributed by atoms with E-state index in [-0.39, 0.29) is 35.4 Å². The molecular weight excluding hydrogens is 415 g/mol. The number of halogens is 2. The zero-order valence-electron chi connectivity index (χ0n) is 17.2. The van der Waals surface area contributed by atoms with Crippen molar-refractivity contribution in [2.24, 2.45) is 5.92 Å². The molecule has 3 aromatic rings. The Kier molecular flexibility index (Phi) is 6.33. The predicted molar refractivity (Wildman–Crippen MR) is 121 cm³/mol. The van der Waals surface area contributed by atoms with Crippen LogP contribution in [0.3, 0.4) is 0 Å². The highest BCUT2D eigenvalue weighted by Crippen LogP contribution is 2.46.